The normalized spacial score (nSPS) is 10.9. The van der Waals surface area contributed by atoms with Crippen molar-refractivity contribution in [2.45, 2.75) is 20.4 Å². The Morgan fingerprint density at radius 2 is 2.15 bits per heavy atom. The summed E-state index contributed by atoms with van der Waals surface area (Å²) in [5.74, 6) is 0.368. The van der Waals surface area contributed by atoms with E-state index < -0.39 is 0 Å². The van der Waals surface area contributed by atoms with Crippen LogP contribution < -0.4 is 0 Å². The predicted molar refractivity (Wildman–Crippen MR) is 54.0 cm³/mol. The molecule has 68 valence electrons. The van der Waals surface area contributed by atoms with Crippen LogP contribution >= 0.6 is 0 Å². The van der Waals surface area contributed by atoms with Gasteiger partial charge in [-0.05, 0) is 32.0 Å². The van der Waals surface area contributed by atoms with Gasteiger partial charge in [0, 0.05) is 17.6 Å². The van der Waals surface area contributed by atoms with Gasteiger partial charge in [-0.25, -0.2) is 0 Å². The molecule has 0 aliphatic carbocycles. The SMILES string of the molecule is CCn1c(C)cc2c(O)cccc21. The summed E-state index contributed by atoms with van der Waals surface area (Å²) in [6.45, 7) is 5.11. The molecule has 0 unspecified atom stereocenters. The topological polar surface area (TPSA) is 25.2 Å². The van der Waals surface area contributed by atoms with Gasteiger partial charge in [0.25, 0.3) is 0 Å². The van der Waals surface area contributed by atoms with E-state index in [2.05, 4.69) is 18.4 Å². The van der Waals surface area contributed by atoms with Crippen LogP contribution in [0.2, 0.25) is 0 Å². The second-order valence-corrected chi connectivity index (χ2v) is 3.24. The number of fused-ring (bicyclic) bond motifs is 1. The van der Waals surface area contributed by atoms with Crippen LogP contribution in [0.15, 0.2) is 24.3 Å². The lowest BCUT2D eigenvalue weighted by molar-refractivity contribution is 0.481. The molecule has 0 spiro atoms. The fraction of sp³-hybridized carbons (Fsp3) is 0.273. The summed E-state index contributed by atoms with van der Waals surface area (Å²) < 4.78 is 2.19. The van der Waals surface area contributed by atoms with Gasteiger partial charge in [0.05, 0.1) is 5.52 Å². The first-order chi connectivity index (χ1) is 6.24. The van der Waals surface area contributed by atoms with E-state index in [1.807, 2.05) is 18.2 Å². The molecule has 0 saturated carbocycles. The van der Waals surface area contributed by atoms with Gasteiger partial charge in [-0.1, -0.05) is 6.07 Å². The van der Waals surface area contributed by atoms with Crippen molar-refractivity contribution in [3.63, 3.8) is 0 Å². The first-order valence-electron chi connectivity index (χ1n) is 4.52. The molecule has 1 aromatic carbocycles. The third-order valence-corrected chi connectivity index (χ3v) is 2.45. The summed E-state index contributed by atoms with van der Waals surface area (Å²) in [4.78, 5) is 0. The Bertz CT molecular complexity index is 443. The number of benzene rings is 1. The molecule has 0 amide bonds. The lowest BCUT2D eigenvalue weighted by Crippen LogP contribution is -1.94. The molecule has 2 heteroatoms. The zero-order valence-corrected chi connectivity index (χ0v) is 7.91. The lowest BCUT2D eigenvalue weighted by atomic mass is 10.2. The van der Waals surface area contributed by atoms with Crippen molar-refractivity contribution in [2.75, 3.05) is 0 Å². The number of rotatable bonds is 1. The molecule has 2 aromatic rings. The Labute approximate surface area is 77.4 Å². The standard InChI is InChI=1S/C11H13NO/c1-3-12-8(2)7-9-10(12)5-4-6-11(9)13/h4-7,13H,3H2,1-2H3. The average Bonchev–Trinajstić information content (AvgIpc) is 2.43. The van der Waals surface area contributed by atoms with Gasteiger partial charge >= 0.3 is 0 Å². The quantitative estimate of drug-likeness (QED) is 0.708. The van der Waals surface area contributed by atoms with Crippen LogP contribution in [0.5, 0.6) is 5.75 Å². The Kier molecular flexibility index (Phi) is 1.76. The Morgan fingerprint density at radius 3 is 2.85 bits per heavy atom. The highest BCUT2D eigenvalue weighted by Gasteiger charge is 2.06. The third-order valence-electron chi connectivity index (χ3n) is 2.45. The second-order valence-electron chi connectivity index (χ2n) is 3.24. The van der Waals surface area contributed by atoms with Crippen LogP contribution in [0, 0.1) is 6.92 Å². The molecule has 0 saturated heterocycles. The molecule has 0 fully saturated rings. The molecular formula is C11H13NO. The molecule has 1 aromatic heterocycles. The monoisotopic (exact) mass is 175 g/mol. The summed E-state index contributed by atoms with van der Waals surface area (Å²) >= 11 is 0. The van der Waals surface area contributed by atoms with E-state index in [0.717, 1.165) is 17.4 Å². The molecular weight excluding hydrogens is 162 g/mol. The van der Waals surface area contributed by atoms with Crippen LogP contribution in [0.3, 0.4) is 0 Å². The van der Waals surface area contributed by atoms with Gasteiger partial charge < -0.3 is 9.67 Å². The number of hydrogen-bond donors (Lipinski definition) is 1. The van der Waals surface area contributed by atoms with Gasteiger partial charge in [0.15, 0.2) is 0 Å². The predicted octanol–water partition coefficient (Wildman–Crippen LogP) is 2.68. The molecule has 0 aliphatic rings. The maximum absolute atomic E-state index is 9.59. The van der Waals surface area contributed by atoms with Crippen molar-refractivity contribution in [1.29, 1.82) is 0 Å². The largest absolute Gasteiger partial charge is 0.507 e. The number of aryl methyl sites for hydroxylation is 2. The number of phenols is 1. The van der Waals surface area contributed by atoms with Crippen LogP contribution in [-0.2, 0) is 6.54 Å². The zero-order valence-electron chi connectivity index (χ0n) is 7.91. The van der Waals surface area contributed by atoms with Crippen molar-refractivity contribution in [2.24, 2.45) is 0 Å². The van der Waals surface area contributed by atoms with Crippen LogP contribution in [0.1, 0.15) is 12.6 Å². The number of aromatic hydroxyl groups is 1. The first kappa shape index (κ1) is 8.17. The van der Waals surface area contributed by atoms with E-state index in [0.29, 0.717) is 5.75 Å². The van der Waals surface area contributed by atoms with E-state index in [4.69, 9.17) is 0 Å². The van der Waals surface area contributed by atoms with Gasteiger partial charge in [0.2, 0.25) is 0 Å². The zero-order chi connectivity index (χ0) is 9.42. The maximum Gasteiger partial charge on any atom is 0.124 e. The fourth-order valence-corrected chi connectivity index (χ4v) is 1.82. The van der Waals surface area contributed by atoms with Crippen molar-refractivity contribution >= 4 is 10.9 Å². The molecule has 1 N–H and O–H groups in total. The van der Waals surface area contributed by atoms with Crippen molar-refractivity contribution in [1.82, 2.24) is 4.57 Å². The average molecular weight is 175 g/mol. The van der Waals surface area contributed by atoms with Gasteiger partial charge in [-0.2, -0.15) is 0 Å². The molecule has 0 radical (unpaired) electrons. The van der Waals surface area contributed by atoms with E-state index in [-0.39, 0.29) is 0 Å². The molecule has 2 nitrogen and oxygen atoms in total. The molecule has 1 heterocycles. The fourth-order valence-electron chi connectivity index (χ4n) is 1.82. The summed E-state index contributed by atoms with van der Waals surface area (Å²) in [7, 11) is 0. The Hall–Kier alpha value is -1.44. The number of phenolic OH excluding ortho intramolecular Hbond substituents is 1. The van der Waals surface area contributed by atoms with Crippen LogP contribution in [0.25, 0.3) is 10.9 Å². The molecule has 0 atom stereocenters. The second kappa shape index (κ2) is 2.80. The van der Waals surface area contributed by atoms with Gasteiger partial charge in [0.1, 0.15) is 5.75 Å². The number of nitrogens with zero attached hydrogens (tertiary/aromatic N) is 1. The smallest absolute Gasteiger partial charge is 0.124 e. The summed E-state index contributed by atoms with van der Waals surface area (Å²) in [6, 6.07) is 7.66. The third kappa shape index (κ3) is 1.10. The minimum Gasteiger partial charge on any atom is -0.507 e. The maximum atomic E-state index is 9.59. The van der Waals surface area contributed by atoms with Crippen molar-refractivity contribution in [3.8, 4) is 5.75 Å². The molecule has 13 heavy (non-hydrogen) atoms. The minimum atomic E-state index is 0.368. The highest BCUT2D eigenvalue weighted by Crippen LogP contribution is 2.27. The summed E-state index contributed by atoms with van der Waals surface area (Å²) in [6.07, 6.45) is 0. The van der Waals surface area contributed by atoms with Gasteiger partial charge in [-0.15, -0.1) is 0 Å². The van der Waals surface area contributed by atoms with Crippen LogP contribution in [0.4, 0.5) is 0 Å². The number of aromatic nitrogens is 1. The van der Waals surface area contributed by atoms with E-state index in [1.54, 1.807) is 6.07 Å². The van der Waals surface area contributed by atoms with E-state index >= 15 is 0 Å². The highest BCUT2D eigenvalue weighted by molar-refractivity contribution is 5.87. The molecule has 0 bridgehead atoms. The van der Waals surface area contributed by atoms with Gasteiger partial charge in [-0.3, -0.25) is 0 Å². The summed E-state index contributed by atoms with van der Waals surface area (Å²) in [5.41, 5.74) is 2.30. The van der Waals surface area contributed by atoms with E-state index in [9.17, 15) is 5.11 Å². The molecule has 0 aliphatic heterocycles. The van der Waals surface area contributed by atoms with Crippen molar-refractivity contribution in [3.05, 3.63) is 30.0 Å². The first-order valence-corrected chi connectivity index (χ1v) is 4.52. The Balaban J connectivity index is 2.86. The number of hydrogen-bond acceptors (Lipinski definition) is 1. The Morgan fingerprint density at radius 1 is 1.38 bits per heavy atom. The lowest BCUT2D eigenvalue weighted by Gasteiger charge is -2.03. The van der Waals surface area contributed by atoms with Crippen molar-refractivity contribution < 1.29 is 5.11 Å². The summed E-state index contributed by atoms with van der Waals surface area (Å²) in [5, 5.41) is 10.5. The van der Waals surface area contributed by atoms with Crippen LogP contribution in [-0.4, -0.2) is 9.67 Å². The van der Waals surface area contributed by atoms with E-state index in [1.165, 1.54) is 5.69 Å². The molecule has 2 rings (SSSR count). The highest BCUT2D eigenvalue weighted by atomic mass is 16.3. The minimum absolute atomic E-state index is 0.368.